The van der Waals surface area contributed by atoms with Crippen LogP contribution in [0.3, 0.4) is 0 Å². The molecule has 180 valence electrons. The summed E-state index contributed by atoms with van der Waals surface area (Å²) in [6, 6.07) is 15.4. The summed E-state index contributed by atoms with van der Waals surface area (Å²) in [4.78, 5) is 4.51. The highest BCUT2D eigenvalue weighted by atomic mass is 35.5. The summed E-state index contributed by atoms with van der Waals surface area (Å²) in [6.45, 7) is 1.34. The van der Waals surface area contributed by atoms with Crippen molar-refractivity contribution in [2.45, 2.75) is 44.3 Å². The van der Waals surface area contributed by atoms with E-state index in [-0.39, 0.29) is 12.4 Å². The van der Waals surface area contributed by atoms with Crippen molar-refractivity contribution in [2.75, 3.05) is 23.8 Å². The van der Waals surface area contributed by atoms with E-state index in [1.54, 1.807) is 12.3 Å². The molecule has 0 atom stereocenters. The van der Waals surface area contributed by atoms with Gasteiger partial charge >= 0.3 is 0 Å². The van der Waals surface area contributed by atoms with Crippen molar-refractivity contribution >= 4 is 23.2 Å². The number of aromatic nitrogens is 2. The fourth-order valence-corrected chi connectivity index (χ4v) is 4.71. The maximum absolute atomic E-state index is 13.5. The van der Waals surface area contributed by atoms with Crippen molar-refractivity contribution in [3.05, 3.63) is 71.1 Å². The van der Waals surface area contributed by atoms with Gasteiger partial charge in [0.1, 0.15) is 23.9 Å². The van der Waals surface area contributed by atoms with Crippen LogP contribution in [0.15, 0.2) is 54.7 Å². The van der Waals surface area contributed by atoms with Crippen LogP contribution in [0.1, 0.15) is 31.2 Å². The highest BCUT2D eigenvalue weighted by Crippen LogP contribution is 2.29. The summed E-state index contributed by atoms with van der Waals surface area (Å²) < 4.78 is 15.5. The Balaban J connectivity index is 1.46. The van der Waals surface area contributed by atoms with Crippen LogP contribution in [0.4, 0.5) is 16.0 Å². The monoisotopic (exact) mass is 484 g/mol. The molecular weight excluding hydrogens is 453 g/mol. The fraction of sp³-hybridized carbons (Fsp3) is 0.385. The molecule has 0 radical (unpaired) electrons. The first-order valence-electron chi connectivity index (χ1n) is 11.8. The third kappa shape index (κ3) is 6.23. The average molecular weight is 485 g/mol. The third-order valence-electron chi connectivity index (χ3n) is 6.35. The van der Waals surface area contributed by atoms with Crippen LogP contribution in [-0.2, 0) is 13.6 Å². The number of hydrogen-bond acceptors (Lipinski definition) is 5. The number of anilines is 2. The van der Waals surface area contributed by atoms with Crippen molar-refractivity contribution in [2.24, 2.45) is 7.05 Å². The Hall–Kier alpha value is -2.74. The molecule has 1 aliphatic carbocycles. The minimum Gasteiger partial charge on any atom is -0.395 e. The minimum absolute atomic E-state index is 0.175. The van der Waals surface area contributed by atoms with Crippen LogP contribution in [0, 0.1) is 5.82 Å². The van der Waals surface area contributed by atoms with E-state index in [4.69, 9.17) is 16.7 Å². The highest BCUT2D eigenvalue weighted by Gasteiger charge is 2.22. The Morgan fingerprint density at radius 3 is 2.62 bits per heavy atom. The van der Waals surface area contributed by atoms with Gasteiger partial charge < -0.3 is 15.7 Å². The lowest BCUT2D eigenvalue weighted by molar-refractivity contribution is -0.646. The third-order valence-corrected chi connectivity index (χ3v) is 6.65. The van der Waals surface area contributed by atoms with Crippen LogP contribution in [-0.4, -0.2) is 35.3 Å². The average Bonchev–Trinajstić information content (AvgIpc) is 2.84. The maximum Gasteiger partial charge on any atom is 0.274 e. The predicted molar refractivity (Wildman–Crippen MR) is 134 cm³/mol. The summed E-state index contributed by atoms with van der Waals surface area (Å²) in [5.41, 5.74) is 2.73. The number of aliphatic hydroxyl groups excluding tert-OH is 1. The largest absolute Gasteiger partial charge is 0.395 e. The molecule has 1 aromatic carbocycles. The molecular formula is C26H32ClFN5O+. The van der Waals surface area contributed by atoms with Crippen molar-refractivity contribution in [3.8, 4) is 11.3 Å². The van der Waals surface area contributed by atoms with Gasteiger partial charge in [0.15, 0.2) is 0 Å². The summed E-state index contributed by atoms with van der Waals surface area (Å²) in [5, 5.41) is 19.9. The molecule has 4 N–H and O–H groups in total. The minimum atomic E-state index is -0.240. The SMILES string of the molecule is C[n+]1c(NCc2cccc(F)c2)cccc1-c1cc(NC2CCC(NCCO)CC2)ncc1Cl. The van der Waals surface area contributed by atoms with Gasteiger partial charge in [-0.05, 0) is 61.6 Å². The zero-order chi connectivity index (χ0) is 23.9. The van der Waals surface area contributed by atoms with E-state index in [9.17, 15) is 4.39 Å². The number of rotatable bonds is 9. The lowest BCUT2D eigenvalue weighted by Gasteiger charge is -2.30. The van der Waals surface area contributed by atoms with Crippen LogP contribution in [0.2, 0.25) is 5.02 Å². The van der Waals surface area contributed by atoms with E-state index in [2.05, 4.69) is 20.9 Å². The van der Waals surface area contributed by atoms with Crippen molar-refractivity contribution in [1.82, 2.24) is 10.3 Å². The second kappa shape index (κ2) is 11.6. The normalized spacial score (nSPS) is 18.0. The van der Waals surface area contributed by atoms with Gasteiger partial charge in [0.05, 0.1) is 18.7 Å². The zero-order valence-corrected chi connectivity index (χ0v) is 20.2. The first kappa shape index (κ1) is 24.4. The number of benzene rings is 1. The van der Waals surface area contributed by atoms with Gasteiger partial charge in [-0.2, -0.15) is 0 Å². The first-order valence-corrected chi connectivity index (χ1v) is 12.2. The Kier molecular flexibility index (Phi) is 8.32. The number of aliphatic hydroxyl groups is 1. The van der Waals surface area contributed by atoms with E-state index < -0.39 is 0 Å². The molecule has 0 bridgehead atoms. The van der Waals surface area contributed by atoms with E-state index in [0.29, 0.717) is 30.2 Å². The molecule has 1 fully saturated rings. The van der Waals surface area contributed by atoms with Crippen molar-refractivity contribution < 1.29 is 14.1 Å². The predicted octanol–water partition coefficient (Wildman–Crippen LogP) is 4.28. The van der Waals surface area contributed by atoms with Gasteiger partial charge in [-0.25, -0.2) is 13.9 Å². The van der Waals surface area contributed by atoms with Gasteiger partial charge in [-0.3, -0.25) is 5.32 Å². The molecule has 0 aliphatic heterocycles. The van der Waals surface area contributed by atoms with Crippen molar-refractivity contribution in [1.29, 1.82) is 0 Å². The van der Waals surface area contributed by atoms with Gasteiger partial charge in [0.25, 0.3) is 5.82 Å². The molecule has 2 aromatic heterocycles. The number of hydrogen-bond donors (Lipinski definition) is 4. The number of nitrogens with one attached hydrogen (secondary N) is 3. The molecule has 6 nitrogen and oxygen atoms in total. The molecule has 1 saturated carbocycles. The molecule has 8 heteroatoms. The summed E-state index contributed by atoms with van der Waals surface area (Å²) in [6.07, 6.45) is 5.95. The molecule has 34 heavy (non-hydrogen) atoms. The van der Waals surface area contributed by atoms with Crippen LogP contribution < -0.4 is 20.5 Å². The molecule has 0 spiro atoms. The van der Waals surface area contributed by atoms with E-state index in [1.807, 2.05) is 41.9 Å². The second-order valence-corrected chi connectivity index (χ2v) is 9.17. The molecule has 3 aromatic rings. The zero-order valence-electron chi connectivity index (χ0n) is 19.4. The van der Waals surface area contributed by atoms with Gasteiger partial charge in [0, 0.05) is 36.5 Å². The standard InChI is InChI=1S/C26H31ClFN5O/c1-33-24(6-3-7-26(33)31-16-18-4-2-5-19(28)14-18)22-15-25(30-17-23(22)27)32-21-10-8-20(9-11-21)29-12-13-34/h2-7,14-15,17,20-21,29,34H,8-13,16H2,1H3,(H,30,32)/p+1. The lowest BCUT2D eigenvalue weighted by Crippen LogP contribution is -2.38. The topological polar surface area (TPSA) is 73.1 Å². The molecule has 0 unspecified atom stereocenters. The van der Waals surface area contributed by atoms with E-state index >= 15 is 0 Å². The first-order chi connectivity index (χ1) is 16.5. The highest BCUT2D eigenvalue weighted by molar-refractivity contribution is 6.33. The summed E-state index contributed by atoms with van der Waals surface area (Å²) in [7, 11) is 1.98. The number of pyridine rings is 2. The Labute approximate surface area is 205 Å². The lowest BCUT2D eigenvalue weighted by atomic mass is 9.91. The van der Waals surface area contributed by atoms with Crippen molar-refractivity contribution in [3.63, 3.8) is 0 Å². The molecule has 1 aliphatic rings. The number of nitrogens with zero attached hydrogens (tertiary/aromatic N) is 2. The molecule has 2 heterocycles. The quantitative estimate of drug-likeness (QED) is 0.341. The Morgan fingerprint density at radius 2 is 1.85 bits per heavy atom. The number of halogens is 2. The van der Waals surface area contributed by atoms with Gasteiger partial charge in [-0.1, -0.05) is 23.7 Å². The molecule has 0 saturated heterocycles. The van der Waals surface area contributed by atoms with E-state index in [0.717, 1.165) is 54.1 Å². The smallest absolute Gasteiger partial charge is 0.274 e. The van der Waals surface area contributed by atoms with Gasteiger partial charge in [-0.15, -0.1) is 0 Å². The van der Waals surface area contributed by atoms with E-state index in [1.165, 1.54) is 12.1 Å². The maximum atomic E-state index is 13.5. The fourth-order valence-electron chi connectivity index (χ4n) is 4.50. The Bertz CT molecular complexity index is 1100. The van der Waals surface area contributed by atoms with Crippen LogP contribution in [0.25, 0.3) is 11.3 Å². The summed E-state index contributed by atoms with van der Waals surface area (Å²) >= 11 is 6.56. The van der Waals surface area contributed by atoms with Crippen LogP contribution >= 0.6 is 11.6 Å². The molecule has 4 rings (SSSR count). The van der Waals surface area contributed by atoms with Gasteiger partial charge in [0.2, 0.25) is 0 Å². The van der Waals surface area contributed by atoms with Crippen LogP contribution in [0.5, 0.6) is 0 Å². The summed E-state index contributed by atoms with van der Waals surface area (Å²) in [5.74, 6) is 1.47. The second-order valence-electron chi connectivity index (χ2n) is 8.76. The Morgan fingerprint density at radius 1 is 1.09 bits per heavy atom. The molecule has 0 amide bonds.